The van der Waals surface area contributed by atoms with Crippen LogP contribution in [-0.4, -0.2) is 9.55 Å². The first-order chi connectivity index (χ1) is 36.6. The molecule has 0 saturated carbocycles. The Morgan fingerprint density at radius 3 is 1.58 bits per heavy atom. The smallest absolute Gasteiger partial charge is 0.509 e. The van der Waals surface area contributed by atoms with Gasteiger partial charge in [-0.25, -0.2) is 4.98 Å². The van der Waals surface area contributed by atoms with E-state index in [1.165, 1.54) is 44.5 Å². The molecule has 402 valence electrons. The minimum Gasteiger partial charge on any atom is -0.509 e. The number of rotatable bonds is 10. The van der Waals surface area contributed by atoms with Crippen LogP contribution in [-0.2, 0) is 48.1 Å². The van der Waals surface area contributed by atoms with E-state index in [1.807, 2.05) is 12.3 Å². The summed E-state index contributed by atoms with van der Waals surface area (Å²) in [7, 11) is 0. The summed E-state index contributed by atoms with van der Waals surface area (Å²) >= 11 is 0. The molecule has 0 unspecified atom stereocenters. The summed E-state index contributed by atoms with van der Waals surface area (Å²) in [6, 6.07) is 73.8. The fraction of sp³-hybridized carbons (Fsp3) is 0.247. The van der Waals surface area contributed by atoms with Gasteiger partial charge in [-0.15, -0.1) is 53.6 Å². The van der Waals surface area contributed by atoms with E-state index >= 15 is 0 Å². The van der Waals surface area contributed by atoms with Gasteiger partial charge in [-0.05, 0) is 109 Å². The molecular formula is C73H74N4OPt. The molecule has 79 heavy (non-hydrogen) atoms. The van der Waals surface area contributed by atoms with Gasteiger partial charge in [-0.2, -0.15) is 6.07 Å². The number of hydrogen-bond donors (Lipinski definition) is 0. The summed E-state index contributed by atoms with van der Waals surface area (Å²) in [6.07, 6.45) is 1.92. The zero-order valence-corrected chi connectivity index (χ0v) is 50.8. The summed E-state index contributed by atoms with van der Waals surface area (Å²) in [5, 5.41) is 2.22. The van der Waals surface area contributed by atoms with Crippen molar-refractivity contribution in [3.8, 4) is 28.4 Å². The van der Waals surface area contributed by atoms with Crippen molar-refractivity contribution in [3.05, 3.63) is 253 Å². The van der Waals surface area contributed by atoms with E-state index < -0.39 is 0 Å². The first-order valence-electron chi connectivity index (χ1n) is 27.2. The van der Waals surface area contributed by atoms with Gasteiger partial charge in [-0.1, -0.05) is 211 Å². The van der Waals surface area contributed by atoms with Crippen molar-refractivity contribution in [1.29, 1.82) is 0 Å². The molecule has 0 saturated heterocycles. The third-order valence-electron chi connectivity index (χ3n) is 15.9. The molecule has 10 aromatic rings. The van der Waals surface area contributed by atoms with Crippen molar-refractivity contribution in [2.75, 3.05) is 9.80 Å². The van der Waals surface area contributed by atoms with E-state index in [1.54, 1.807) is 0 Å². The fourth-order valence-electron chi connectivity index (χ4n) is 11.1. The largest absolute Gasteiger partial charge is 4.00 e. The van der Waals surface area contributed by atoms with E-state index in [0.717, 1.165) is 55.9 Å². The van der Waals surface area contributed by atoms with Crippen LogP contribution in [0.25, 0.3) is 38.8 Å². The predicted octanol–water partition coefficient (Wildman–Crippen LogP) is 19.6. The second-order valence-corrected chi connectivity index (χ2v) is 25.2. The van der Waals surface area contributed by atoms with Crippen molar-refractivity contribution < 1.29 is 25.8 Å². The van der Waals surface area contributed by atoms with Crippen molar-refractivity contribution in [2.24, 2.45) is 0 Å². The zero-order valence-electron chi connectivity index (χ0n) is 48.5. The Morgan fingerprint density at radius 2 is 0.987 bits per heavy atom. The maximum Gasteiger partial charge on any atom is 4.00 e. The number of para-hydroxylation sites is 1. The van der Waals surface area contributed by atoms with Crippen LogP contribution in [0.2, 0.25) is 0 Å². The molecule has 3 heterocycles. The molecule has 6 heteroatoms. The number of fused-ring (bicyclic) bond motifs is 4. The van der Waals surface area contributed by atoms with E-state index in [9.17, 15) is 0 Å². The molecule has 0 atom stereocenters. The van der Waals surface area contributed by atoms with Gasteiger partial charge in [0.05, 0.1) is 0 Å². The normalized spacial score (nSPS) is 13.1. The zero-order chi connectivity index (χ0) is 54.2. The Hall–Kier alpha value is -7.20. The van der Waals surface area contributed by atoms with Gasteiger partial charge in [0.1, 0.15) is 5.82 Å². The van der Waals surface area contributed by atoms with E-state index in [0.29, 0.717) is 11.5 Å². The third-order valence-corrected chi connectivity index (χ3v) is 15.9. The number of anilines is 4. The molecule has 0 N–H and O–H groups in total. The van der Waals surface area contributed by atoms with Crippen molar-refractivity contribution in [1.82, 2.24) is 9.55 Å². The molecule has 2 aromatic heterocycles. The molecule has 8 aromatic carbocycles. The monoisotopic (exact) mass is 1220 g/mol. The Bertz CT molecular complexity index is 3820. The van der Waals surface area contributed by atoms with Crippen LogP contribution in [0.1, 0.15) is 129 Å². The second kappa shape index (κ2) is 21.1. The number of nitrogens with zero attached hydrogens (tertiary/aromatic N) is 4. The molecule has 1 aliphatic heterocycles. The van der Waals surface area contributed by atoms with Gasteiger partial charge >= 0.3 is 21.1 Å². The van der Waals surface area contributed by atoms with E-state index in [2.05, 4.69) is 299 Å². The van der Waals surface area contributed by atoms with Gasteiger partial charge in [0.2, 0.25) is 0 Å². The van der Waals surface area contributed by atoms with Crippen LogP contribution in [0, 0.1) is 26.2 Å². The Balaban J connectivity index is 0.00000378. The number of aromatic nitrogens is 2. The second-order valence-electron chi connectivity index (χ2n) is 25.2. The topological polar surface area (TPSA) is 33.5 Å². The molecule has 0 aliphatic carbocycles. The Labute approximate surface area is 485 Å². The van der Waals surface area contributed by atoms with E-state index in [4.69, 9.17) is 9.72 Å². The maximum absolute atomic E-state index is 7.05. The summed E-state index contributed by atoms with van der Waals surface area (Å²) in [5.74, 6) is 2.06. The average Bonchev–Trinajstić information content (AvgIpc) is 4.04. The van der Waals surface area contributed by atoms with Crippen molar-refractivity contribution in [3.63, 3.8) is 0 Å². The van der Waals surface area contributed by atoms with Crippen LogP contribution >= 0.6 is 0 Å². The molecule has 5 nitrogen and oxygen atoms in total. The SMILES string of the molecule is CC(C)(C)c1cc(Oc2[c-]c3c(cc2)c2ccccc2n3-c2cc(C(C)(C)C)ccn2)[c-]c(N2[CH-]N(c3cc(-c4ccccc4)cc(C(C)(C)C)c3)c3cc(C(C)(C)c4ccccc4)c(C(C)(C)c4ccccc4)cc32)c1.[CH3-].[Pt+4]. The van der Waals surface area contributed by atoms with Gasteiger partial charge in [0.25, 0.3) is 0 Å². The number of hydrogen-bond acceptors (Lipinski definition) is 4. The number of ether oxygens (including phenoxy) is 1. The first-order valence-corrected chi connectivity index (χ1v) is 27.2. The van der Waals surface area contributed by atoms with Crippen LogP contribution in [0.3, 0.4) is 0 Å². The molecule has 0 bridgehead atoms. The van der Waals surface area contributed by atoms with Gasteiger partial charge < -0.3 is 26.5 Å². The molecule has 0 radical (unpaired) electrons. The minimum atomic E-state index is -0.380. The summed E-state index contributed by atoms with van der Waals surface area (Å²) in [6.45, 7) is 32.2. The number of pyridine rings is 1. The minimum absolute atomic E-state index is 0. The summed E-state index contributed by atoms with van der Waals surface area (Å²) < 4.78 is 9.27. The van der Waals surface area contributed by atoms with Gasteiger partial charge in [0, 0.05) is 51.1 Å². The van der Waals surface area contributed by atoms with Crippen LogP contribution < -0.4 is 14.5 Å². The van der Waals surface area contributed by atoms with Crippen molar-refractivity contribution >= 4 is 44.6 Å². The first kappa shape index (κ1) is 56.5. The Morgan fingerprint density at radius 1 is 0.443 bits per heavy atom. The van der Waals surface area contributed by atoms with E-state index in [-0.39, 0.29) is 55.6 Å². The molecule has 0 spiro atoms. The molecule has 0 fully saturated rings. The molecule has 11 rings (SSSR count). The Kier molecular flexibility index (Phi) is 15.1. The van der Waals surface area contributed by atoms with Gasteiger partial charge in [0.15, 0.2) is 0 Å². The van der Waals surface area contributed by atoms with Crippen LogP contribution in [0.5, 0.6) is 11.5 Å². The average molecular weight is 1220 g/mol. The van der Waals surface area contributed by atoms with Gasteiger partial charge in [-0.3, -0.25) is 0 Å². The third kappa shape index (κ3) is 10.7. The standard InChI is InChI=1S/C72H71N4O.CH3.Pt/c1-68(2,3)52-35-36-73-67(42-52)76-63-32-24-23-31-59(63)60-34-33-57(44-64(60)76)77-58-41-54(70(7,8)9)40-56(43-58)75-47-74(55-38-49(48-25-17-14-18-26-48)37-53(39-55)69(4,5)6)65-45-61(71(10,11)50-27-19-15-20-28-50)62(46-66(65)75)72(12,13)51-29-21-16-22-30-51;;/h14-42,45-47H,1-13H3;1H3;/q-3;-1;+4. The van der Waals surface area contributed by atoms with Crippen LogP contribution in [0.4, 0.5) is 22.7 Å². The maximum atomic E-state index is 7.05. The molecular weight excluding hydrogens is 1140 g/mol. The quantitative estimate of drug-likeness (QED) is 0.128. The summed E-state index contributed by atoms with van der Waals surface area (Å²) in [4.78, 5) is 9.69. The number of benzene rings is 8. The molecule has 0 amide bonds. The fourth-order valence-corrected chi connectivity index (χ4v) is 11.1. The van der Waals surface area contributed by atoms with Crippen LogP contribution in [0.15, 0.2) is 188 Å². The predicted molar refractivity (Wildman–Crippen MR) is 329 cm³/mol. The molecule has 1 aliphatic rings. The van der Waals surface area contributed by atoms with Crippen molar-refractivity contribution in [2.45, 2.75) is 117 Å². The summed E-state index contributed by atoms with van der Waals surface area (Å²) in [5.41, 5.74) is 15.9.